The summed E-state index contributed by atoms with van der Waals surface area (Å²) in [5.41, 5.74) is 8.77. The van der Waals surface area contributed by atoms with Crippen LogP contribution in [0.1, 0.15) is 10.6 Å². The van der Waals surface area contributed by atoms with E-state index in [-0.39, 0.29) is 0 Å². The first kappa shape index (κ1) is 9.15. The molecule has 0 amide bonds. The fourth-order valence-electron chi connectivity index (χ4n) is 1.29. The Morgan fingerprint density at radius 2 is 2.00 bits per heavy atom. The van der Waals surface area contributed by atoms with Gasteiger partial charge in [0.1, 0.15) is 10.0 Å². The molecule has 0 spiro atoms. The molecule has 0 radical (unpaired) electrons. The van der Waals surface area contributed by atoms with Crippen LogP contribution in [0.2, 0.25) is 0 Å². The summed E-state index contributed by atoms with van der Waals surface area (Å²) in [5, 5.41) is 10.0. The third-order valence-corrected chi connectivity index (χ3v) is 3.00. The number of aryl methyl sites for hydroxylation is 1. The highest BCUT2D eigenvalue weighted by molar-refractivity contribution is 7.14. The second-order valence-corrected chi connectivity index (χ2v) is 4.33. The van der Waals surface area contributed by atoms with Crippen LogP contribution < -0.4 is 5.73 Å². The molecule has 0 saturated carbocycles. The van der Waals surface area contributed by atoms with Crippen molar-refractivity contribution in [3.63, 3.8) is 0 Å². The summed E-state index contributed by atoms with van der Waals surface area (Å²) in [4.78, 5) is 0. The SMILES string of the molecule is Cc1nnc(-c2cccc(N)c2C)s1. The van der Waals surface area contributed by atoms with Crippen LogP contribution in [0.15, 0.2) is 18.2 Å². The molecule has 4 heteroatoms. The average molecular weight is 205 g/mol. The molecule has 0 unspecified atom stereocenters. The molecule has 0 fully saturated rings. The second-order valence-electron chi connectivity index (χ2n) is 3.15. The molecule has 2 rings (SSSR count). The summed E-state index contributed by atoms with van der Waals surface area (Å²) >= 11 is 1.59. The molecule has 0 aliphatic heterocycles. The predicted molar refractivity (Wildman–Crippen MR) is 59.2 cm³/mol. The van der Waals surface area contributed by atoms with Crippen molar-refractivity contribution >= 4 is 17.0 Å². The summed E-state index contributed by atoms with van der Waals surface area (Å²) < 4.78 is 0. The van der Waals surface area contributed by atoms with E-state index in [9.17, 15) is 0 Å². The molecular formula is C10H11N3S. The molecule has 2 N–H and O–H groups in total. The van der Waals surface area contributed by atoms with Crippen LogP contribution in [0.25, 0.3) is 10.6 Å². The third kappa shape index (κ3) is 1.48. The van der Waals surface area contributed by atoms with Crippen LogP contribution in [-0.2, 0) is 0 Å². The van der Waals surface area contributed by atoms with Crippen molar-refractivity contribution in [2.45, 2.75) is 13.8 Å². The second kappa shape index (κ2) is 3.38. The molecular weight excluding hydrogens is 194 g/mol. The number of aromatic nitrogens is 2. The lowest BCUT2D eigenvalue weighted by molar-refractivity contribution is 1.05. The Bertz CT molecular complexity index is 462. The summed E-state index contributed by atoms with van der Waals surface area (Å²) in [6.45, 7) is 3.95. The number of hydrogen-bond acceptors (Lipinski definition) is 4. The van der Waals surface area contributed by atoms with E-state index in [2.05, 4.69) is 10.2 Å². The minimum atomic E-state index is 0.801. The monoisotopic (exact) mass is 205 g/mol. The minimum Gasteiger partial charge on any atom is -0.398 e. The maximum absolute atomic E-state index is 5.82. The van der Waals surface area contributed by atoms with E-state index < -0.39 is 0 Å². The van der Waals surface area contributed by atoms with E-state index >= 15 is 0 Å². The highest BCUT2D eigenvalue weighted by Crippen LogP contribution is 2.28. The molecule has 0 atom stereocenters. The lowest BCUT2D eigenvalue weighted by Gasteiger charge is -2.03. The average Bonchev–Trinajstić information content (AvgIpc) is 2.57. The van der Waals surface area contributed by atoms with E-state index in [1.807, 2.05) is 32.0 Å². The van der Waals surface area contributed by atoms with Crippen LogP contribution >= 0.6 is 11.3 Å². The zero-order valence-corrected chi connectivity index (χ0v) is 8.93. The number of anilines is 1. The summed E-state index contributed by atoms with van der Waals surface area (Å²) in [6, 6.07) is 5.85. The number of hydrogen-bond donors (Lipinski definition) is 1. The molecule has 3 nitrogen and oxygen atoms in total. The van der Waals surface area contributed by atoms with E-state index in [4.69, 9.17) is 5.73 Å². The number of nitrogens with two attached hydrogens (primary N) is 1. The van der Waals surface area contributed by atoms with Gasteiger partial charge in [-0.1, -0.05) is 23.5 Å². The standard InChI is InChI=1S/C10H11N3S/c1-6-8(4-3-5-9(6)11)10-13-12-7(2)14-10/h3-5H,11H2,1-2H3. The molecule has 0 bridgehead atoms. The van der Waals surface area contributed by atoms with E-state index in [1.54, 1.807) is 11.3 Å². The van der Waals surface area contributed by atoms with E-state index in [1.165, 1.54) is 0 Å². The molecule has 0 aliphatic carbocycles. The van der Waals surface area contributed by atoms with Crippen molar-refractivity contribution < 1.29 is 0 Å². The van der Waals surface area contributed by atoms with Crippen LogP contribution in [0.5, 0.6) is 0 Å². The van der Waals surface area contributed by atoms with E-state index in [0.717, 1.165) is 26.8 Å². The maximum atomic E-state index is 5.82. The van der Waals surface area contributed by atoms with Crippen molar-refractivity contribution in [3.05, 3.63) is 28.8 Å². The van der Waals surface area contributed by atoms with Gasteiger partial charge < -0.3 is 5.73 Å². The zero-order valence-electron chi connectivity index (χ0n) is 8.11. The molecule has 1 aromatic heterocycles. The third-order valence-electron chi connectivity index (χ3n) is 2.13. The van der Waals surface area contributed by atoms with Crippen molar-refractivity contribution in [2.24, 2.45) is 0 Å². The van der Waals surface area contributed by atoms with Crippen LogP contribution in [0.3, 0.4) is 0 Å². The number of nitrogens with zero attached hydrogens (tertiary/aromatic N) is 2. The van der Waals surface area contributed by atoms with Crippen LogP contribution in [0.4, 0.5) is 5.69 Å². The van der Waals surface area contributed by atoms with Crippen molar-refractivity contribution in [1.82, 2.24) is 10.2 Å². The summed E-state index contributed by atoms with van der Waals surface area (Å²) in [7, 11) is 0. The Morgan fingerprint density at radius 3 is 2.64 bits per heavy atom. The lowest BCUT2D eigenvalue weighted by Crippen LogP contribution is -1.91. The molecule has 2 aromatic rings. The normalized spacial score (nSPS) is 10.4. The molecule has 14 heavy (non-hydrogen) atoms. The Kier molecular flexibility index (Phi) is 2.21. The van der Waals surface area contributed by atoms with Gasteiger partial charge in [0.25, 0.3) is 0 Å². The Hall–Kier alpha value is -1.42. The fraction of sp³-hybridized carbons (Fsp3) is 0.200. The molecule has 1 heterocycles. The van der Waals surface area contributed by atoms with Gasteiger partial charge in [-0.25, -0.2) is 0 Å². The molecule has 1 aromatic carbocycles. The van der Waals surface area contributed by atoms with Crippen molar-refractivity contribution in [1.29, 1.82) is 0 Å². The number of benzene rings is 1. The van der Waals surface area contributed by atoms with Gasteiger partial charge in [0.2, 0.25) is 0 Å². The van der Waals surface area contributed by atoms with Crippen LogP contribution in [0, 0.1) is 13.8 Å². The van der Waals surface area contributed by atoms with Crippen molar-refractivity contribution in [2.75, 3.05) is 5.73 Å². The smallest absolute Gasteiger partial charge is 0.148 e. The Balaban J connectivity index is 2.57. The van der Waals surface area contributed by atoms with Crippen LogP contribution in [-0.4, -0.2) is 10.2 Å². The lowest BCUT2D eigenvalue weighted by atomic mass is 10.1. The zero-order chi connectivity index (χ0) is 10.1. The van der Waals surface area contributed by atoms with Gasteiger partial charge in [-0.2, -0.15) is 0 Å². The van der Waals surface area contributed by atoms with Gasteiger partial charge in [0.05, 0.1) is 0 Å². The van der Waals surface area contributed by atoms with Gasteiger partial charge in [-0.15, -0.1) is 10.2 Å². The first-order chi connectivity index (χ1) is 6.68. The largest absolute Gasteiger partial charge is 0.398 e. The highest BCUT2D eigenvalue weighted by Gasteiger charge is 2.08. The van der Waals surface area contributed by atoms with Gasteiger partial charge in [-0.05, 0) is 25.5 Å². The van der Waals surface area contributed by atoms with E-state index in [0.29, 0.717) is 0 Å². The van der Waals surface area contributed by atoms with Gasteiger partial charge >= 0.3 is 0 Å². The first-order valence-electron chi connectivity index (χ1n) is 4.34. The number of nitrogen functional groups attached to an aromatic ring is 1. The van der Waals surface area contributed by atoms with Gasteiger partial charge in [-0.3, -0.25) is 0 Å². The summed E-state index contributed by atoms with van der Waals surface area (Å²) in [5.74, 6) is 0. The Morgan fingerprint density at radius 1 is 1.21 bits per heavy atom. The number of rotatable bonds is 1. The molecule has 0 saturated heterocycles. The molecule has 0 aliphatic rings. The highest BCUT2D eigenvalue weighted by atomic mass is 32.1. The maximum Gasteiger partial charge on any atom is 0.148 e. The minimum absolute atomic E-state index is 0.801. The van der Waals surface area contributed by atoms with Gasteiger partial charge in [0, 0.05) is 11.3 Å². The quantitative estimate of drug-likeness (QED) is 0.727. The van der Waals surface area contributed by atoms with Gasteiger partial charge in [0.15, 0.2) is 0 Å². The molecule has 72 valence electrons. The Labute approximate surface area is 86.6 Å². The fourth-order valence-corrected chi connectivity index (χ4v) is 2.06. The summed E-state index contributed by atoms with van der Waals surface area (Å²) in [6.07, 6.45) is 0. The van der Waals surface area contributed by atoms with Crippen molar-refractivity contribution in [3.8, 4) is 10.6 Å². The predicted octanol–water partition coefficient (Wildman–Crippen LogP) is 2.40. The topological polar surface area (TPSA) is 51.8 Å². The first-order valence-corrected chi connectivity index (χ1v) is 5.15.